The highest BCUT2D eigenvalue weighted by atomic mass is 32.1. The summed E-state index contributed by atoms with van der Waals surface area (Å²) in [4.78, 5) is 0. The van der Waals surface area contributed by atoms with Crippen molar-refractivity contribution in [3.8, 4) is 0 Å². The monoisotopic (exact) mass is 544 g/mol. The van der Waals surface area contributed by atoms with Crippen molar-refractivity contribution in [3.05, 3.63) is 47.9 Å². The summed E-state index contributed by atoms with van der Waals surface area (Å²) in [7, 11) is 0. The predicted molar refractivity (Wildman–Crippen MR) is 172 cm³/mol. The molecule has 39 heavy (non-hydrogen) atoms. The third-order valence-corrected chi connectivity index (χ3v) is 9.52. The standard InChI is InChI=1S/C36H48O2S/c1-3-5-7-9-11-13-15-17-19-29-21-27-23-35-31(25-33(27)37-29)32-26-34-28(24-36(32)39-35)22-30(38-34)20-18-16-14-12-10-8-6-4-2/h21-26H,3-20H2,1-2H3. The molecule has 2 aromatic carbocycles. The Hall–Kier alpha value is -2.26. The van der Waals surface area contributed by atoms with E-state index in [0.717, 1.165) is 35.5 Å². The topological polar surface area (TPSA) is 26.3 Å². The van der Waals surface area contributed by atoms with Crippen molar-refractivity contribution in [1.82, 2.24) is 0 Å². The summed E-state index contributed by atoms with van der Waals surface area (Å²) in [6.45, 7) is 4.57. The normalized spacial score (nSPS) is 12.2. The molecule has 0 N–H and O–H groups in total. The first-order valence-corrected chi connectivity index (χ1v) is 16.9. The molecule has 0 spiro atoms. The van der Waals surface area contributed by atoms with Crippen LogP contribution in [0.5, 0.6) is 0 Å². The molecule has 0 atom stereocenters. The lowest BCUT2D eigenvalue weighted by Crippen LogP contribution is -1.84. The average molecular weight is 545 g/mol. The minimum atomic E-state index is 1.02. The molecule has 0 aliphatic heterocycles. The fourth-order valence-electron chi connectivity index (χ4n) is 6.06. The van der Waals surface area contributed by atoms with E-state index in [4.69, 9.17) is 8.83 Å². The van der Waals surface area contributed by atoms with Crippen LogP contribution in [0.3, 0.4) is 0 Å². The van der Waals surface area contributed by atoms with E-state index in [1.165, 1.54) is 134 Å². The molecule has 0 saturated carbocycles. The maximum atomic E-state index is 6.32. The summed E-state index contributed by atoms with van der Waals surface area (Å²) in [5, 5.41) is 5.05. The summed E-state index contributed by atoms with van der Waals surface area (Å²) in [5.74, 6) is 2.27. The van der Waals surface area contributed by atoms with Gasteiger partial charge in [-0.3, -0.25) is 0 Å². The minimum absolute atomic E-state index is 1.02. The van der Waals surface area contributed by atoms with Crippen molar-refractivity contribution in [2.45, 2.75) is 129 Å². The third-order valence-electron chi connectivity index (χ3n) is 8.40. The lowest BCUT2D eigenvalue weighted by Gasteiger charge is -2.00. The smallest absolute Gasteiger partial charge is 0.134 e. The summed E-state index contributed by atoms with van der Waals surface area (Å²) in [6.07, 6.45) is 23.7. The highest BCUT2D eigenvalue weighted by Gasteiger charge is 2.13. The lowest BCUT2D eigenvalue weighted by molar-refractivity contribution is 0.518. The fraction of sp³-hybridized carbons (Fsp3) is 0.556. The van der Waals surface area contributed by atoms with Gasteiger partial charge in [-0.05, 0) is 49.2 Å². The van der Waals surface area contributed by atoms with Crippen molar-refractivity contribution >= 4 is 53.4 Å². The number of furan rings is 2. The van der Waals surface area contributed by atoms with Crippen LogP contribution in [0.15, 0.2) is 45.2 Å². The second-order valence-corrected chi connectivity index (χ2v) is 12.8. The van der Waals surface area contributed by atoms with Gasteiger partial charge in [0.25, 0.3) is 0 Å². The van der Waals surface area contributed by atoms with Crippen LogP contribution in [-0.4, -0.2) is 0 Å². The Labute approximate surface area is 239 Å². The first-order chi connectivity index (χ1) is 19.2. The van der Waals surface area contributed by atoms with Gasteiger partial charge < -0.3 is 8.83 Å². The van der Waals surface area contributed by atoms with Gasteiger partial charge in [0.05, 0.1) is 0 Å². The zero-order valence-corrected chi connectivity index (χ0v) is 25.2. The molecule has 5 aromatic rings. The number of hydrogen-bond donors (Lipinski definition) is 0. The first kappa shape index (κ1) is 28.3. The van der Waals surface area contributed by atoms with E-state index >= 15 is 0 Å². The maximum absolute atomic E-state index is 6.32. The van der Waals surface area contributed by atoms with Crippen LogP contribution in [0.4, 0.5) is 0 Å². The first-order valence-electron chi connectivity index (χ1n) is 16.1. The van der Waals surface area contributed by atoms with Crippen LogP contribution in [0, 0.1) is 0 Å². The molecule has 210 valence electrons. The molecule has 0 fully saturated rings. The van der Waals surface area contributed by atoms with Crippen molar-refractivity contribution in [2.24, 2.45) is 0 Å². The number of unbranched alkanes of at least 4 members (excludes halogenated alkanes) is 14. The number of aryl methyl sites for hydroxylation is 2. The van der Waals surface area contributed by atoms with E-state index in [2.05, 4.69) is 50.2 Å². The van der Waals surface area contributed by atoms with Crippen molar-refractivity contribution in [3.63, 3.8) is 0 Å². The summed E-state index contributed by atoms with van der Waals surface area (Å²) in [6, 6.07) is 13.7. The van der Waals surface area contributed by atoms with Gasteiger partial charge in [-0.1, -0.05) is 104 Å². The maximum Gasteiger partial charge on any atom is 0.134 e. The molecule has 0 amide bonds. The van der Waals surface area contributed by atoms with Crippen LogP contribution in [0.2, 0.25) is 0 Å². The van der Waals surface area contributed by atoms with Gasteiger partial charge in [0.2, 0.25) is 0 Å². The number of thiophene rings is 1. The van der Waals surface area contributed by atoms with E-state index in [1.807, 2.05) is 11.3 Å². The van der Waals surface area contributed by atoms with E-state index in [0.29, 0.717) is 0 Å². The SMILES string of the molecule is CCCCCCCCCCc1cc2cc3sc4cc5cc(CCCCCCCCCC)oc5cc4c3cc2o1. The van der Waals surface area contributed by atoms with Gasteiger partial charge in [-0.2, -0.15) is 0 Å². The molecule has 0 bridgehead atoms. The quantitative estimate of drug-likeness (QED) is 0.103. The van der Waals surface area contributed by atoms with Gasteiger partial charge in [0, 0.05) is 43.8 Å². The molecule has 0 aliphatic rings. The van der Waals surface area contributed by atoms with Gasteiger partial charge >= 0.3 is 0 Å². The molecule has 3 heterocycles. The molecule has 3 heteroatoms. The van der Waals surface area contributed by atoms with Gasteiger partial charge in [-0.25, -0.2) is 0 Å². The van der Waals surface area contributed by atoms with Crippen LogP contribution in [0.1, 0.15) is 128 Å². The van der Waals surface area contributed by atoms with Crippen LogP contribution in [-0.2, 0) is 12.8 Å². The number of benzene rings is 2. The summed E-state index contributed by atoms with van der Waals surface area (Å²) >= 11 is 1.89. The Morgan fingerprint density at radius 1 is 0.462 bits per heavy atom. The molecule has 5 rings (SSSR count). The Morgan fingerprint density at radius 2 is 0.846 bits per heavy atom. The van der Waals surface area contributed by atoms with Gasteiger partial charge in [0.1, 0.15) is 22.7 Å². The van der Waals surface area contributed by atoms with E-state index in [1.54, 1.807) is 0 Å². The third kappa shape index (κ3) is 7.48. The number of fused-ring (bicyclic) bond motifs is 5. The van der Waals surface area contributed by atoms with Crippen molar-refractivity contribution < 1.29 is 8.83 Å². The largest absolute Gasteiger partial charge is 0.461 e. The Kier molecular flexibility index (Phi) is 10.4. The molecule has 0 radical (unpaired) electrons. The molecule has 0 saturated heterocycles. The second-order valence-electron chi connectivity index (χ2n) is 11.7. The van der Waals surface area contributed by atoms with E-state index in [9.17, 15) is 0 Å². The second kappa shape index (κ2) is 14.4. The average Bonchev–Trinajstić information content (AvgIpc) is 3.62. The summed E-state index contributed by atoms with van der Waals surface area (Å²) < 4.78 is 15.3. The zero-order valence-electron chi connectivity index (χ0n) is 24.4. The highest BCUT2D eigenvalue weighted by molar-refractivity contribution is 7.26. The molecule has 2 nitrogen and oxygen atoms in total. The van der Waals surface area contributed by atoms with Gasteiger partial charge in [-0.15, -0.1) is 11.3 Å². The van der Waals surface area contributed by atoms with Crippen LogP contribution in [0.25, 0.3) is 42.1 Å². The van der Waals surface area contributed by atoms with Crippen LogP contribution >= 0.6 is 11.3 Å². The van der Waals surface area contributed by atoms with E-state index < -0.39 is 0 Å². The predicted octanol–water partition coefficient (Wildman–Crippen LogP) is 12.9. The lowest BCUT2D eigenvalue weighted by atomic mass is 10.1. The van der Waals surface area contributed by atoms with Crippen molar-refractivity contribution in [1.29, 1.82) is 0 Å². The Morgan fingerprint density at radius 3 is 1.26 bits per heavy atom. The number of hydrogen-bond acceptors (Lipinski definition) is 3. The molecular weight excluding hydrogens is 496 g/mol. The highest BCUT2D eigenvalue weighted by Crippen LogP contribution is 2.40. The Balaban J connectivity index is 1.19. The van der Waals surface area contributed by atoms with Gasteiger partial charge in [0.15, 0.2) is 0 Å². The minimum Gasteiger partial charge on any atom is -0.461 e. The molecular formula is C36H48O2S. The number of rotatable bonds is 18. The summed E-state index contributed by atoms with van der Waals surface area (Å²) in [5.41, 5.74) is 2.04. The zero-order chi connectivity index (χ0) is 26.9. The molecule has 0 unspecified atom stereocenters. The van der Waals surface area contributed by atoms with Crippen LogP contribution < -0.4 is 0 Å². The fourth-order valence-corrected chi connectivity index (χ4v) is 7.23. The molecule has 0 aliphatic carbocycles. The molecule has 3 aromatic heterocycles. The Bertz CT molecular complexity index is 1340. The van der Waals surface area contributed by atoms with Crippen molar-refractivity contribution in [2.75, 3.05) is 0 Å². The van der Waals surface area contributed by atoms with E-state index in [-0.39, 0.29) is 0 Å².